The Hall–Kier alpha value is -4.14. The fourth-order valence-corrected chi connectivity index (χ4v) is 3.60. The highest BCUT2D eigenvalue weighted by atomic mass is 19.2. The highest BCUT2D eigenvalue weighted by Crippen LogP contribution is 2.29. The van der Waals surface area contributed by atoms with E-state index < -0.39 is 11.6 Å². The Labute approximate surface area is 188 Å². The van der Waals surface area contributed by atoms with E-state index >= 15 is 0 Å². The number of carbonyl (C=O) groups excluding carboxylic acids is 2. The summed E-state index contributed by atoms with van der Waals surface area (Å²) in [7, 11) is 0. The van der Waals surface area contributed by atoms with Gasteiger partial charge in [0.15, 0.2) is 23.1 Å². The molecule has 1 amide bonds. The van der Waals surface area contributed by atoms with Crippen LogP contribution in [0.3, 0.4) is 0 Å². The molecule has 9 heteroatoms. The molecule has 2 aromatic heterocycles. The zero-order chi connectivity index (χ0) is 23.5. The predicted octanol–water partition coefficient (Wildman–Crippen LogP) is 4.22. The van der Waals surface area contributed by atoms with Gasteiger partial charge in [0.05, 0.1) is 18.4 Å². The number of nitrogens with one attached hydrogen (secondary N) is 2. The Morgan fingerprint density at radius 2 is 1.97 bits per heavy atom. The lowest BCUT2D eigenvalue weighted by atomic mass is 10.0. The zero-order valence-corrected chi connectivity index (χ0v) is 18.0. The number of nitrogens with zero attached hydrogens (tertiary/aromatic N) is 3. The van der Waals surface area contributed by atoms with E-state index in [1.54, 1.807) is 22.7 Å². The summed E-state index contributed by atoms with van der Waals surface area (Å²) < 4.78 is 30.3. The van der Waals surface area contributed by atoms with Gasteiger partial charge in [0, 0.05) is 29.2 Å². The molecule has 2 heterocycles. The molecule has 0 fully saturated rings. The SMILES string of the molecule is CCc1cc(Nc2nccn3c(-c4ccc(C)c(F)c4F)cnc23)ccc1C(=O)NCC=O. The number of imidazole rings is 1. The van der Waals surface area contributed by atoms with Gasteiger partial charge in [0.1, 0.15) is 6.29 Å². The number of anilines is 2. The zero-order valence-electron chi connectivity index (χ0n) is 18.0. The Bertz CT molecular complexity index is 1370. The summed E-state index contributed by atoms with van der Waals surface area (Å²) in [6, 6.07) is 8.25. The highest BCUT2D eigenvalue weighted by molar-refractivity contribution is 5.97. The summed E-state index contributed by atoms with van der Waals surface area (Å²) in [5, 5.41) is 5.72. The van der Waals surface area contributed by atoms with Crippen LogP contribution < -0.4 is 10.6 Å². The van der Waals surface area contributed by atoms with Gasteiger partial charge in [0.2, 0.25) is 0 Å². The average molecular weight is 449 g/mol. The fraction of sp³-hybridized carbons (Fsp3) is 0.167. The van der Waals surface area contributed by atoms with Crippen LogP contribution in [0.1, 0.15) is 28.4 Å². The van der Waals surface area contributed by atoms with Crippen molar-refractivity contribution in [2.45, 2.75) is 20.3 Å². The summed E-state index contributed by atoms with van der Waals surface area (Å²) in [6.07, 6.45) is 5.85. The van der Waals surface area contributed by atoms with Crippen LogP contribution in [0.2, 0.25) is 0 Å². The minimum Gasteiger partial charge on any atom is -0.345 e. The number of aryl methyl sites for hydroxylation is 2. The van der Waals surface area contributed by atoms with Crippen molar-refractivity contribution in [3.05, 3.63) is 77.2 Å². The third kappa shape index (κ3) is 4.17. The largest absolute Gasteiger partial charge is 0.345 e. The molecule has 0 saturated heterocycles. The molecule has 0 saturated carbocycles. The first kappa shape index (κ1) is 22.1. The molecule has 0 aliphatic rings. The van der Waals surface area contributed by atoms with Crippen LogP contribution >= 0.6 is 0 Å². The molecule has 0 unspecified atom stereocenters. The first-order chi connectivity index (χ1) is 15.9. The van der Waals surface area contributed by atoms with Crippen molar-refractivity contribution in [2.75, 3.05) is 11.9 Å². The van der Waals surface area contributed by atoms with Crippen molar-refractivity contribution in [3.8, 4) is 11.3 Å². The molecule has 0 radical (unpaired) electrons. The third-order valence-electron chi connectivity index (χ3n) is 5.32. The average Bonchev–Trinajstić information content (AvgIpc) is 3.26. The van der Waals surface area contributed by atoms with Crippen LogP contribution in [0.25, 0.3) is 16.9 Å². The molecular weight excluding hydrogens is 428 g/mol. The second kappa shape index (κ2) is 9.15. The van der Waals surface area contributed by atoms with E-state index in [2.05, 4.69) is 20.6 Å². The molecule has 33 heavy (non-hydrogen) atoms. The van der Waals surface area contributed by atoms with E-state index in [4.69, 9.17) is 0 Å². The van der Waals surface area contributed by atoms with Gasteiger partial charge < -0.3 is 15.4 Å². The lowest BCUT2D eigenvalue weighted by molar-refractivity contribution is -0.107. The van der Waals surface area contributed by atoms with Crippen molar-refractivity contribution >= 4 is 29.3 Å². The summed E-state index contributed by atoms with van der Waals surface area (Å²) in [4.78, 5) is 31.5. The number of rotatable bonds is 7. The second-order valence-corrected chi connectivity index (χ2v) is 7.40. The monoisotopic (exact) mass is 449 g/mol. The first-order valence-corrected chi connectivity index (χ1v) is 10.3. The number of benzene rings is 2. The molecular formula is C24H21F2N5O2. The fourth-order valence-electron chi connectivity index (χ4n) is 3.60. The van der Waals surface area contributed by atoms with Gasteiger partial charge in [-0.05, 0) is 48.7 Å². The summed E-state index contributed by atoms with van der Waals surface area (Å²) in [6.45, 7) is 3.37. The lowest BCUT2D eigenvalue weighted by Crippen LogP contribution is -2.26. The van der Waals surface area contributed by atoms with Crippen LogP contribution in [-0.2, 0) is 11.2 Å². The van der Waals surface area contributed by atoms with Gasteiger partial charge in [-0.2, -0.15) is 0 Å². The van der Waals surface area contributed by atoms with E-state index in [0.29, 0.717) is 41.1 Å². The number of halogens is 2. The third-order valence-corrected chi connectivity index (χ3v) is 5.32. The molecule has 2 N–H and O–H groups in total. The molecule has 0 spiro atoms. The van der Waals surface area contributed by atoms with Crippen molar-refractivity contribution in [2.24, 2.45) is 0 Å². The number of carbonyl (C=O) groups is 2. The standard InChI is InChI=1S/C24H21F2N5O2/c1-3-15-12-16(5-7-17(15)24(33)28-9-11-32)30-22-23-29-13-19(31(23)10-8-27-22)18-6-4-14(2)20(25)21(18)26/h4-8,10-13H,3,9H2,1-2H3,(H,27,30)(H,28,33). The van der Waals surface area contributed by atoms with E-state index in [9.17, 15) is 18.4 Å². The minimum atomic E-state index is -0.931. The molecule has 0 aliphatic heterocycles. The number of aldehydes is 1. The summed E-state index contributed by atoms with van der Waals surface area (Å²) in [5.74, 6) is -1.73. The minimum absolute atomic E-state index is 0.0540. The molecule has 4 aromatic rings. The van der Waals surface area contributed by atoms with Gasteiger partial charge >= 0.3 is 0 Å². The van der Waals surface area contributed by atoms with E-state index in [-0.39, 0.29) is 23.6 Å². The Balaban J connectivity index is 1.69. The van der Waals surface area contributed by atoms with Gasteiger partial charge in [-0.1, -0.05) is 13.0 Å². The number of hydrogen-bond acceptors (Lipinski definition) is 5. The van der Waals surface area contributed by atoms with Crippen LogP contribution in [0.5, 0.6) is 0 Å². The maximum absolute atomic E-state index is 14.6. The Morgan fingerprint density at radius 3 is 2.73 bits per heavy atom. The number of hydrogen-bond donors (Lipinski definition) is 2. The van der Waals surface area contributed by atoms with Crippen LogP contribution in [0.15, 0.2) is 48.9 Å². The van der Waals surface area contributed by atoms with E-state index in [1.807, 2.05) is 13.0 Å². The Morgan fingerprint density at radius 1 is 1.15 bits per heavy atom. The molecule has 4 rings (SSSR count). The van der Waals surface area contributed by atoms with Crippen LogP contribution in [-0.4, -0.2) is 33.1 Å². The van der Waals surface area contributed by atoms with Gasteiger partial charge in [-0.15, -0.1) is 0 Å². The molecule has 0 aliphatic carbocycles. The van der Waals surface area contributed by atoms with Gasteiger partial charge in [-0.3, -0.25) is 9.20 Å². The van der Waals surface area contributed by atoms with E-state index in [0.717, 1.165) is 5.56 Å². The maximum Gasteiger partial charge on any atom is 0.251 e. The molecule has 168 valence electrons. The van der Waals surface area contributed by atoms with Crippen LogP contribution in [0, 0.1) is 18.6 Å². The van der Waals surface area contributed by atoms with Crippen molar-refractivity contribution in [1.82, 2.24) is 19.7 Å². The molecule has 0 bridgehead atoms. The smallest absolute Gasteiger partial charge is 0.251 e. The van der Waals surface area contributed by atoms with Gasteiger partial charge in [0.25, 0.3) is 5.91 Å². The summed E-state index contributed by atoms with van der Waals surface area (Å²) >= 11 is 0. The van der Waals surface area contributed by atoms with Crippen molar-refractivity contribution in [3.63, 3.8) is 0 Å². The predicted molar refractivity (Wildman–Crippen MR) is 121 cm³/mol. The lowest BCUT2D eigenvalue weighted by Gasteiger charge is -2.12. The second-order valence-electron chi connectivity index (χ2n) is 7.40. The maximum atomic E-state index is 14.6. The number of fused-ring (bicyclic) bond motifs is 1. The van der Waals surface area contributed by atoms with Crippen LogP contribution in [0.4, 0.5) is 20.3 Å². The summed E-state index contributed by atoms with van der Waals surface area (Å²) in [5.41, 5.74) is 3.09. The topological polar surface area (TPSA) is 88.4 Å². The molecule has 0 atom stereocenters. The molecule has 7 nitrogen and oxygen atoms in total. The van der Waals surface area contributed by atoms with E-state index in [1.165, 1.54) is 31.5 Å². The highest BCUT2D eigenvalue weighted by Gasteiger charge is 2.18. The quantitative estimate of drug-likeness (QED) is 0.413. The normalized spacial score (nSPS) is 10.9. The Kier molecular flexibility index (Phi) is 6.12. The first-order valence-electron chi connectivity index (χ1n) is 10.3. The van der Waals surface area contributed by atoms with Gasteiger partial charge in [-0.25, -0.2) is 18.7 Å². The van der Waals surface area contributed by atoms with Crippen molar-refractivity contribution in [1.29, 1.82) is 0 Å². The molecule has 2 aromatic carbocycles. The number of amides is 1. The number of aromatic nitrogens is 3. The van der Waals surface area contributed by atoms with Crippen molar-refractivity contribution < 1.29 is 18.4 Å².